The molecule has 0 radical (unpaired) electrons. The SMILES string of the molecule is Cc1cc(F)cc2c1CN(C(=O)Cn1ncc3ccccc3c1=O)CC2. The number of amides is 1. The second-order valence-electron chi connectivity index (χ2n) is 6.62. The number of benzene rings is 2. The van der Waals surface area contributed by atoms with Gasteiger partial charge in [0.05, 0.1) is 11.6 Å². The lowest BCUT2D eigenvalue weighted by atomic mass is 9.95. The quantitative estimate of drug-likeness (QED) is 0.713. The van der Waals surface area contributed by atoms with Crippen LogP contribution in [0.15, 0.2) is 47.4 Å². The molecule has 1 amide bonds. The highest BCUT2D eigenvalue weighted by Gasteiger charge is 2.23. The van der Waals surface area contributed by atoms with Gasteiger partial charge in [-0.2, -0.15) is 5.10 Å². The van der Waals surface area contributed by atoms with Gasteiger partial charge in [-0.25, -0.2) is 9.07 Å². The fourth-order valence-corrected chi connectivity index (χ4v) is 3.50. The van der Waals surface area contributed by atoms with Crippen molar-refractivity contribution in [2.75, 3.05) is 6.54 Å². The topological polar surface area (TPSA) is 55.2 Å². The summed E-state index contributed by atoms with van der Waals surface area (Å²) in [6, 6.07) is 10.2. The van der Waals surface area contributed by atoms with Gasteiger partial charge < -0.3 is 4.90 Å². The summed E-state index contributed by atoms with van der Waals surface area (Å²) in [6.45, 7) is 2.70. The third-order valence-electron chi connectivity index (χ3n) is 4.93. The van der Waals surface area contributed by atoms with E-state index in [1.54, 1.807) is 29.3 Å². The summed E-state index contributed by atoms with van der Waals surface area (Å²) in [6.07, 6.45) is 2.21. The van der Waals surface area contributed by atoms with Gasteiger partial charge >= 0.3 is 0 Å². The molecular formula is C20H18FN3O2. The Hall–Kier alpha value is -3.02. The number of nitrogens with zero attached hydrogens (tertiary/aromatic N) is 3. The Bertz CT molecular complexity index is 1070. The number of carbonyl (C=O) groups excluding carboxylic acids is 1. The standard InChI is InChI=1S/C20H18FN3O2/c1-13-8-16(21)9-14-6-7-23(11-18(13)14)19(25)12-24-20(26)17-5-3-2-4-15(17)10-22-24/h2-5,8-10H,6-7,11-12H2,1H3. The predicted molar refractivity (Wildman–Crippen MR) is 96.3 cm³/mol. The van der Waals surface area contributed by atoms with Crippen LogP contribution in [0.25, 0.3) is 10.8 Å². The molecule has 0 fully saturated rings. The highest BCUT2D eigenvalue weighted by atomic mass is 19.1. The molecule has 2 aromatic carbocycles. The molecule has 0 saturated heterocycles. The maximum absolute atomic E-state index is 13.5. The van der Waals surface area contributed by atoms with Crippen molar-refractivity contribution in [2.24, 2.45) is 0 Å². The van der Waals surface area contributed by atoms with E-state index in [2.05, 4.69) is 5.10 Å². The van der Waals surface area contributed by atoms with Gasteiger partial charge in [-0.3, -0.25) is 9.59 Å². The molecule has 0 bridgehead atoms. The first-order chi connectivity index (χ1) is 12.5. The lowest BCUT2D eigenvalue weighted by molar-refractivity contribution is -0.133. The van der Waals surface area contributed by atoms with Crippen LogP contribution in [-0.2, 0) is 24.3 Å². The molecule has 1 aliphatic rings. The molecule has 1 aromatic heterocycles. The van der Waals surface area contributed by atoms with Crippen LogP contribution in [0, 0.1) is 12.7 Å². The third-order valence-corrected chi connectivity index (χ3v) is 4.93. The Morgan fingerprint density at radius 2 is 2.08 bits per heavy atom. The zero-order chi connectivity index (χ0) is 18.3. The van der Waals surface area contributed by atoms with Crippen molar-refractivity contribution in [3.8, 4) is 0 Å². The minimum absolute atomic E-state index is 0.0980. The molecule has 1 aliphatic heterocycles. The van der Waals surface area contributed by atoms with Crippen LogP contribution in [0.4, 0.5) is 4.39 Å². The Balaban J connectivity index is 1.58. The molecule has 4 rings (SSSR count). The first-order valence-electron chi connectivity index (χ1n) is 8.53. The van der Waals surface area contributed by atoms with E-state index in [0.717, 1.165) is 22.1 Å². The minimum atomic E-state index is -0.271. The molecule has 0 unspecified atom stereocenters. The van der Waals surface area contributed by atoms with Gasteiger partial charge in [0, 0.05) is 18.5 Å². The second kappa shape index (κ2) is 6.37. The van der Waals surface area contributed by atoms with Gasteiger partial charge in [-0.15, -0.1) is 0 Å². The molecule has 2 heterocycles. The van der Waals surface area contributed by atoms with Crippen molar-refractivity contribution in [1.29, 1.82) is 0 Å². The molecule has 26 heavy (non-hydrogen) atoms. The number of hydrogen-bond acceptors (Lipinski definition) is 3. The maximum atomic E-state index is 13.5. The van der Waals surface area contributed by atoms with E-state index >= 15 is 0 Å². The lowest BCUT2D eigenvalue weighted by Crippen LogP contribution is -2.40. The zero-order valence-corrected chi connectivity index (χ0v) is 14.4. The average molecular weight is 351 g/mol. The van der Waals surface area contributed by atoms with E-state index in [0.29, 0.717) is 24.9 Å². The third kappa shape index (κ3) is 2.87. The smallest absolute Gasteiger partial charge is 0.275 e. The van der Waals surface area contributed by atoms with Crippen LogP contribution in [0.1, 0.15) is 16.7 Å². The summed E-state index contributed by atoms with van der Waals surface area (Å²) in [5.41, 5.74) is 2.52. The van der Waals surface area contributed by atoms with Crippen LogP contribution in [0.3, 0.4) is 0 Å². The summed E-state index contributed by atoms with van der Waals surface area (Å²) in [4.78, 5) is 26.9. The molecular weight excluding hydrogens is 333 g/mol. The average Bonchev–Trinajstić information content (AvgIpc) is 2.64. The summed E-state index contributed by atoms with van der Waals surface area (Å²) in [7, 11) is 0. The van der Waals surface area contributed by atoms with Crippen LogP contribution in [-0.4, -0.2) is 27.1 Å². The fraction of sp³-hybridized carbons (Fsp3) is 0.250. The van der Waals surface area contributed by atoms with Gasteiger partial charge in [-0.1, -0.05) is 18.2 Å². The van der Waals surface area contributed by atoms with Gasteiger partial charge in [0.15, 0.2) is 0 Å². The molecule has 0 atom stereocenters. The number of aromatic nitrogens is 2. The molecule has 0 aliphatic carbocycles. The van der Waals surface area contributed by atoms with Crippen LogP contribution < -0.4 is 5.56 Å². The number of rotatable bonds is 2. The van der Waals surface area contributed by atoms with Crippen molar-refractivity contribution < 1.29 is 9.18 Å². The van der Waals surface area contributed by atoms with E-state index in [9.17, 15) is 14.0 Å². The summed E-state index contributed by atoms with van der Waals surface area (Å²) in [5.74, 6) is -0.405. The van der Waals surface area contributed by atoms with Crippen LogP contribution >= 0.6 is 0 Å². The van der Waals surface area contributed by atoms with Crippen LogP contribution in [0.5, 0.6) is 0 Å². The maximum Gasteiger partial charge on any atom is 0.275 e. The highest BCUT2D eigenvalue weighted by molar-refractivity contribution is 5.81. The molecule has 0 saturated carbocycles. The van der Waals surface area contributed by atoms with Gasteiger partial charge in [0.1, 0.15) is 12.4 Å². The number of carbonyl (C=O) groups is 1. The number of halogens is 1. The number of aryl methyl sites for hydroxylation is 1. The Labute approximate surface area is 149 Å². The fourth-order valence-electron chi connectivity index (χ4n) is 3.50. The minimum Gasteiger partial charge on any atom is -0.336 e. The van der Waals surface area contributed by atoms with Crippen molar-refractivity contribution in [3.63, 3.8) is 0 Å². The van der Waals surface area contributed by atoms with Crippen molar-refractivity contribution in [2.45, 2.75) is 26.4 Å². The summed E-state index contributed by atoms with van der Waals surface area (Å²) < 4.78 is 14.7. The number of hydrogen-bond donors (Lipinski definition) is 0. The van der Waals surface area contributed by atoms with Crippen molar-refractivity contribution >= 4 is 16.7 Å². The zero-order valence-electron chi connectivity index (χ0n) is 14.4. The normalized spacial score (nSPS) is 13.7. The first-order valence-corrected chi connectivity index (χ1v) is 8.53. The Kier molecular flexibility index (Phi) is 4.03. The molecule has 5 nitrogen and oxygen atoms in total. The lowest BCUT2D eigenvalue weighted by Gasteiger charge is -2.30. The largest absolute Gasteiger partial charge is 0.336 e. The predicted octanol–water partition coefficient (Wildman–Crippen LogP) is 2.43. The Morgan fingerprint density at radius 3 is 2.92 bits per heavy atom. The molecule has 132 valence electrons. The monoisotopic (exact) mass is 351 g/mol. The molecule has 0 spiro atoms. The van der Waals surface area contributed by atoms with Gasteiger partial charge in [0.2, 0.25) is 5.91 Å². The Morgan fingerprint density at radius 1 is 1.27 bits per heavy atom. The molecule has 6 heteroatoms. The molecule has 3 aromatic rings. The summed E-state index contributed by atoms with van der Waals surface area (Å²) >= 11 is 0. The van der Waals surface area contributed by atoms with Gasteiger partial charge in [-0.05, 0) is 48.2 Å². The van der Waals surface area contributed by atoms with E-state index in [-0.39, 0.29) is 23.8 Å². The van der Waals surface area contributed by atoms with E-state index in [4.69, 9.17) is 0 Å². The van der Waals surface area contributed by atoms with Crippen molar-refractivity contribution in [1.82, 2.24) is 14.7 Å². The van der Waals surface area contributed by atoms with E-state index in [1.807, 2.05) is 19.1 Å². The van der Waals surface area contributed by atoms with E-state index < -0.39 is 0 Å². The summed E-state index contributed by atoms with van der Waals surface area (Å²) in [5, 5.41) is 5.42. The van der Waals surface area contributed by atoms with Crippen LogP contribution in [0.2, 0.25) is 0 Å². The van der Waals surface area contributed by atoms with Gasteiger partial charge in [0.25, 0.3) is 5.56 Å². The van der Waals surface area contributed by atoms with E-state index in [1.165, 1.54) is 10.7 Å². The highest BCUT2D eigenvalue weighted by Crippen LogP contribution is 2.23. The second-order valence-corrected chi connectivity index (χ2v) is 6.62. The molecule has 0 N–H and O–H groups in total. The number of fused-ring (bicyclic) bond motifs is 2. The van der Waals surface area contributed by atoms with Crippen molar-refractivity contribution in [3.05, 3.63) is 75.5 Å². The first kappa shape index (κ1) is 16.4.